The molecule has 0 bridgehead atoms. The van der Waals surface area contributed by atoms with Crippen LogP contribution < -0.4 is 0 Å². The smallest absolute Gasteiger partial charge is 0.159 e. The van der Waals surface area contributed by atoms with Crippen molar-refractivity contribution in [3.8, 4) is 6.07 Å². The van der Waals surface area contributed by atoms with Gasteiger partial charge in [0.2, 0.25) is 0 Å². The minimum absolute atomic E-state index is 0.560. The second-order valence-corrected chi connectivity index (χ2v) is 5.59. The average Bonchev–Trinajstić information content (AvgIpc) is 2.42. The van der Waals surface area contributed by atoms with Crippen LogP contribution in [0.4, 0.5) is 8.78 Å². The van der Waals surface area contributed by atoms with Crippen LogP contribution in [0.25, 0.3) is 0 Å². The van der Waals surface area contributed by atoms with Crippen molar-refractivity contribution in [2.75, 3.05) is 6.26 Å². The molecule has 0 aliphatic carbocycles. The normalized spacial score (nSPS) is 10.2. The van der Waals surface area contributed by atoms with Gasteiger partial charge in [-0.3, -0.25) is 0 Å². The van der Waals surface area contributed by atoms with Crippen LogP contribution >= 0.6 is 23.5 Å². The average molecular weight is 293 g/mol. The monoisotopic (exact) mass is 293 g/mol. The Morgan fingerprint density at radius 1 is 1.05 bits per heavy atom. The van der Waals surface area contributed by atoms with E-state index in [9.17, 15) is 14.0 Å². The van der Waals surface area contributed by atoms with Crippen LogP contribution in [-0.4, -0.2) is 6.26 Å². The van der Waals surface area contributed by atoms with E-state index >= 15 is 0 Å². The van der Waals surface area contributed by atoms with Gasteiger partial charge in [0.05, 0.1) is 5.56 Å². The molecule has 0 radical (unpaired) electrons. The molecule has 0 heterocycles. The Labute approximate surface area is 118 Å². The topological polar surface area (TPSA) is 23.8 Å². The van der Waals surface area contributed by atoms with E-state index in [2.05, 4.69) is 6.07 Å². The summed E-state index contributed by atoms with van der Waals surface area (Å²) < 4.78 is 26.0. The van der Waals surface area contributed by atoms with E-state index in [1.807, 2.05) is 18.4 Å². The second kappa shape index (κ2) is 6.09. The zero-order valence-corrected chi connectivity index (χ0v) is 11.6. The molecule has 0 N–H and O–H groups in total. The van der Waals surface area contributed by atoms with Crippen molar-refractivity contribution in [3.63, 3.8) is 0 Å². The van der Waals surface area contributed by atoms with Gasteiger partial charge < -0.3 is 0 Å². The Bertz CT molecular complexity index is 650. The number of nitrogens with zero attached hydrogens (tertiary/aromatic N) is 1. The van der Waals surface area contributed by atoms with Gasteiger partial charge in [-0.2, -0.15) is 5.26 Å². The molecule has 5 heteroatoms. The van der Waals surface area contributed by atoms with Crippen molar-refractivity contribution in [1.82, 2.24) is 0 Å². The molecule has 96 valence electrons. The summed E-state index contributed by atoms with van der Waals surface area (Å²) in [5.41, 5.74) is 0.560. The van der Waals surface area contributed by atoms with Gasteiger partial charge in [-0.25, -0.2) is 8.78 Å². The number of hydrogen-bond donors (Lipinski definition) is 0. The first-order chi connectivity index (χ1) is 9.15. The summed E-state index contributed by atoms with van der Waals surface area (Å²) in [5.74, 6) is -1.76. The number of hydrogen-bond acceptors (Lipinski definition) is 3. The summed E-state index contributed by atoms with van der Waals surface area (Å²) in [6.07, 6.45) is 1.89. The third-order valence-corrected chi connectivity index (χ3v) is 4.27. The third-order valence-electron chi connectivity index (χ3n) is 2.44. The molecule has 19 heavy (non-hydrogen) atoms. The first-order valence-corrected chi connectivity index (χ1v) is 7.40. The lowest BCUT2D eigenvalue weighted by Gasteiger charge is -2.07. The maximum Gasteiger partial charge on any atom is 0.159 e. The van der Waals surface area contributed by atoms with Gasteiger partial charge in [-0.15, -0.1) is 11.8 Å². The largest absolute Gasteiger partial charge is 0.204 e. The summed E-state index contributed by atoms with van der Waals surface area (Å²) in [4.78, 5) is 2.17. The highest BCUT2D eigenvalue weighted by Crippen LogP contribution is 2.34. The predicted octanol–water partition coefficient (Wildman–Crippen LogP) is 4.71. The number of benzene rings is 2. The predicted molar refractivity (Wildman–Crippen MR) is 73.4 cm³/mol. The fourth-order valence-corrected chi connectivity index (χ4v) is 3.14. The van der Waals surface area contributed by atoms with Gasteiger partial charge in [-0.05, 0) is 36.6 Å². The molecule has 0 aliphatic heterocycles. The van der Waals surface area contributed by atoms with Gasteiger partial charge in [0.1, 0.15) is 6.07 Å². The summed E-state index contributed by atoms with van der Waals surface area (Å²) >= 11 is 2.73. The Morgan fingerprint density at radius 3 is 2.42 bits per heavy atom. The van der Waals surface area contributed by atoms with Crippen LogP contribution in [0, 0.1) is 23.0 Å². The van der Waals surface area contributed by atoms with Crippen LogP contribution in [0.2, 0.25) is 0 Å². The van der Waals surface area contributed by atoms with E-state index in [0.717, 1.165) is 21.9 Å². The minimum Gasteiger partial charge on any atom is -0.204 e. The highest BCUT2D eigenvalue weighted by molar-refractivity contribution is 8.00. The van der Waals surface area contributed by atoms with E-state index in [-0.39, 0.29) is 0 Å². The standard InChI is InChI=1S/C14H9F2NS2/c1-18-13-3-2-4-14(10(13)8-17)19-9-5-6-11(15)12(16)7-9/h2-7H,1H3. The first-order valence-electron chi connectivity index (χ1n) is 5.35. The van der Waals surface area contributed by atoms with Crippen LogP contribution in [0.5, 0.6) is 0 Å². The molecule has 2 aromatic carbocycles. The molecule has 0 amide bonds. The second-order valence-electron chi connectivity index (χ2n) is 3.62. The molecule has 0 aromatic heterocycles. The molecule has 0 unspecified atom stereocenters. The Balaban J connectivity index is 2.38. The quantitative estimate of drug-likeness (QED) is 0.766. The van der Waals surface area contributed by atoms with E-state index in [1.54, 1.807) is 6.07 Å². The molecule has 2 rings (SSSR count). The molecule has 2 aromatic rings. The van der Waals surface area contributed by atoms with Crippen LogP contribution in [0.1, 0.15) is 5.56 Å². The van der Waals surface area contributed by atoms with E-state index < -0.39 is 11.6 Å². The Morgan fingerprint density at radius 2 is 1.79 bits per heavy atom. The molecular weight excluding hydrogens is 284 g/mol. The molecule has 0 saturated carbocycles. The van der Waals surface area contributed by atoms with E-state index in [0.29, 0.717) is 10.5 Å². The minimum atomic E-state index is -0.885. The number of halogens is 2. The lowest BCUT2D eigenvalue weighted by Crippen LogP contribution is -1.87. The summed E-state index contributed by atoms with van der Waals surface area (Å²) in [6, 6.07) is 11.4. The van der Waals surface area contributed by atoms with Gasteiger partial charge in [0.15, 0.2) is 11.6 Å². The van der Waals surface area contributed by atoms with Crippen LogP contribution in [0.3, 0.4) is 0 Å². The molecule has 0 aliphatic rings. The zero-order chi connectivity index (χ0) is 13.8. The number of rotatable bonds is 3. The number of nitriles is 1. The molecule has 1 nitrogen and oxygen atoms in total. The van der Waals surface area contributed by atoms with Gasteiger partial charge in [-0.1, -0.05) is 17.8 Å². The van der Waals surface area contributed by atoms with E-state index in [4.69, 9.17) is 0 Å². The maximum atomic E-state index is 13.2. The van der Waals surface area contributed by atoms with Gasteiger partial charge in [0, 0.05) is 14.7 Å². The van der Waals surface area contributed by atoms with Crippen LogP contribution in [0.15, 0.2) is 51.1 Å². The van der Waals surface area contributed by atoms with Crippen LogP contribution in [-0.2, 0) is 0 Å². The highest BCUT2D eigenvalue weighted by Gasteiger charge is 2.10. The van der Waals surface area contributed by atoms with Crippen molar-refractivity contribution < 1.29 is 8.78 Å². The maximum absolute atomic E-state index is 13.2. The number of thioether (sulfide) groups is 1. The Kier molecular flexibility index (Phi) is 4.46. The fourth-order valence-electron chi connectivity index (χ4n) is 1.54. The third kappa shape index (κ3) is 3.09. The molecular formula is C14H9F2NS2. The Hall–Kier alpha value is -1.51. The molecule has 0 fully saturated rings. The summed E-state index contributed by atoms with van der Waals surface area (Å²) in [7, 11) is 0. The lowest BCUT2D eigenvalue weighted by atomic mass is 10.2. The SMILES string of the molecule is CSc1cccc(Sc2ccc(F)c(F)c2)c1C#N. The van der Waals surface area contributed by atoms with Gasteiger partial charge >= 0.3 is 0 Å². The lowest BCUT2D eigenvalue weighted by molar-refractivity contribution is 0.506. The van der Waals surface area contributed by atoms with Crippen molar-refractivity contribution >= 4 is 23.5 Å². The summed E-state index contributed by atoms with van der Waals surface area (Å²) in [6.45, 7) is 0. The van der Waals surface area contributed by atoms with Crippen molar-refractivity contribution in [3.05, 3.63) is 53.6 Å². The van der Waals surface area contributed by atoms with Crippen molar-refractivity contribution in [2.45, 2.75) is 14.7 Å². The fraction of sp³-hybridized carbons (Fsp3) is 0.0714. The molecule has 0 saturated heterocycles. The highest BCUT2D eigenvalue weighted by atomic mass is 32.2. The first kappa shape index (κ1) is 13.9. The van der Waals surface area contributed by atoms with Crippen molar-refractivity contribution in [1.29, 1.82) is 5.26 Å². The molecule has 0 spiro atoms. The van der Waals surface area contributed by atoms with E-state index in [1.165, 1.54) is 29.6 Å². The van der Waals surface area contributed by atoms with Gasteiger partial charge in [0.25, 0.3) is 0 Å². The summed E-state index contributed by atoms with van der Waals surface area (Å²) in [5, 5.41) is 9.20. The zero-order valence-electron chi connectivity index (χ0n) is 9.98. The van der Waals surface area contributed by atoms with Crippen molar-refractivity contribution in [2.24, 2.45) is 0 Å². The molecule has 0 atom stereocenters.